The van der Waals surface area contributed by atoms with Crippen LogP contribution in [0.5, 0.6) is 11.5 Å². The Labute approximate surface area is 155 Å². The van der Waals surface area contributed by atoms with Gasteiger partial charge in [-0.05, 0) is 17.7 Å². The van der Waals surface area contributed by atoms with Crippen molar-refractivity contribution in [2.75, 3.05) is 14.2 Å². The molecule has 0 fully saturated rings. The zero-order valence-corrected chi connectivity index (χ0v) is 15.0. The molecule has 0 unspecified atom stereocenters. The molecular formula is C20H18N4O3. The lowest BCUT2D eigenvalue weighted by atomic mass is 10.1. The standard InChI is InChI=1S/C20H18N4O3/c1-26-15-8-14(9-16(10-15)27-2)17-11-21-18-19(22-17)24(20(25)23-18)12-13-6-4-3-5-7-13/h3-11H,12H2,1-2H3,(H,21,23,25). The predicted octanol–water partition coefficient (Wildman–Crippen LogP) is 2.85. The van der Waals surface area contributed by atoms with Gasteiger partial charge in [0.05, 0.1) is 32.7 Å². The topological polar surface area (TPSA) is 82.0 Å². The van der Waals surface area contributed by atoms with Gasteiger partial charge in [-0.15, -0.1) is 0 Å². The van der Waals surface area contributed by atoms with E-state index < -0.39 is 0 Å². The minimum Gasteiger partial charge on any atom is -0.497 e. The van der Waals surface area contributed by atoms with Crippen LogP contribution in [-0.2, 0) is 6.54 Å². The molecule has 0 spiro atoms. The second-order valence-electron chi connectivity index (χ2n) is 6.03. The van der Waals surface area contributed by atoms with E-state index in [4.69, 9.17) is 9.47 Å². The molecule has 0 amide bonds. The van der Waals surface area contributed by atoms with Crippen LogP contribution in [0.15, 0.2) is 59.5 Å². The maximum atomic E-state index is 12.4. The van der Waals surface area contributed by atoms with Crippen molar-refractivity contribution in [2.24, 2.45) is 0 Å². The van der Waals surface area contributed by atoms with Crippen molar-refractivity contribution in [3.63, 3.8) is 0 Å². The fraction of sp³-hybridized carbons (Fsp3) is 0.150. The summed E-state index contributed by atoms with van der Waals surface area (Å²) >= 11 is 0. The Kier molecular flexibility index (Phi) is 4.33. The number of ether oxygens (including phenoxy) is 2. The number of aromatic nitrogens is 4. The van der Waals surface area contributed by atoms with Gasteiger partial charge in [-0.2, -0.15) is 0 Å². The summed E-state index contributed by atoms with van der Waals surface area (Å²) in [6.07, 6.45) is 1.62. The van der Waals surface area contributed by atoms with E-state index in [1.807, 2.05) is 42.5 Å². The number of rotatable bonds is 5. The summed E-state index contributed by atoms with van der Waals surface area (Å²) in [6, 6.07) is 15.2. The fourth-order valence-corrected chi connectivity index (χ4v) is 2.93. The van der Waals surface area contributed by atoms with E-state index in [-0.39, 0.29) is 5.69 Å². The molecule has 27 heavy (non-hydrogen) atoms. The molecule has 7 nitrogen and oxygen atoms in total. The van der Waals surface area contributed by atoms with Gasteiger partial charge in [0.15, 0.2) is 11.3 Å². The van der Waals surface area contributed by atoms with E-state index in [0.29, 0.717) is 35.0 Å². The molecule has 4 rings (SSSR count). The number of fused-ring (bicyclic) bond motifs is 1. The van der Waals surface area contributed by atoms with Crippen LogP contribution in [0, 0.1) is 0 Å². The van der Waals surface area contributed by atoms with E-state index in [9.17, 15) is 4.79 Å². The Morgan fingerprint density at radius 2 is 1.74 bits per heavy atom. The van der Waals surface area contributed by atoms with E-state index in [1.54, 1.807) is 31.0 Å². The third-order valence-electron chi connectivity index (χ3n) is 4.31. The van der Waals surface area contributed by atoms with Gasteiger partial charge in [0.1, 0.15) is 11.5 Å². The quantitative estimate of drug-likeness (QED) is 0.590. The number of hydrogen-bond donors (Lipinski definition) is 1. The van der Waals surface area contributed by atoms with Crippen molar-refractivity contribution in [3.05, 3.63) is 70.8 Å². The molecule has 0 aliphatic carbocycles. The monoisotopic (exact) mass is 362 g/mol. The Bertz CT molecular complexity index is 1130. The first-order chi connectivity index (χ1) is 13.2. The molecule has 4 aromatic rings. The van der Waals surface area contributed by atoms with Crippen molar-refractivity contribution >= 4 is 11.3 Å². The van der Waals surface area contributed by atoms with E-state index >= 15 is 0 Å². The Hall–Kier alpha value is -3.61. The van der Waals surface area contributed by atoms with Crippen LogP contribution in [0.2, 0.25) is 0 Å². The van der Waals surface area contributed by atoms with Crippen LogP contribution in [0.1, 0.15) is 5.56 Å². The van der Waals surface area contributed by atoms with Gasteiger partial charge >= 0.3 is 5.69 Å². The molecule has 0 aliphatic rings. The third kappa shape index (κ3) is 3.27. The van der Waals surface area contributed by atoms with Crippen molar-refractivity contribution in [1.29, 1.82) is 0 Å². The van der Waals surface area contributed by atoms with Gasteiger partial charge in [0.2, 0.25) is 0 Å². The molecule has 0 saturated heterocycles. The minimum absolute atomic E-state index is 0.241. The highest BCUT2D eigenvalue weighted by Crippen LogP contribution is 2.29. The molecular weight excluding hydrogens is 344 g/mol. The second kappa shape index (κ2) is 6.95. The normalized spacial score (nSPS) is 10.9. The highest BCUT2D eigenvalue weighted by molar-refractivity contribution is 5.72. The SMILES string of the molecule is COc1cc(OC)cc(-c2cnc3[nH]c(=O)n(Cc4ccccc4)c3n2)c1. The van der Waals surface area contributed by atoms with Gasteiger partial charge in [-0.1, -0.05) is 30.3 Å². The van der Waals surface area contributed by atoms with Crippen LogP contribution in [0.25, 0.3) is 22.6 Å². The number of nitrogens with one attached hydrogen (secondary N) is 1. The summed E-state index contributed by atoms with van der Waals surface area (Å²) < 4.78 is 12.2. The molecule has 136 valence electrons. The number of H-pyrrole nitrogens is 1. The maximum absolute atomic E-state index is 12.4. The number of hydrogen-bond acceptors (Lipinski definition) is 5. The smallest absolute Gasteiger partial charge is 0.329 e. The van der Waals surface area contributed by atoms with Crippen molar-refractivity contribution in [1.82, 2.24) is 19.5 Å². The summed E-state index contributed by atoms with van der Waals surface area (Å²) in [5, 5.41) is 0. The lowest BCUT2D eigenvalue weighted by Gasteiger charge is -2.08. The predicted molar refractivity (Wildman–Crippen MR) is 102 cm³/mol. The first-order valence-corrected chi connectivity index (χ1v) is 8.41. The van der Waals surface area contributed by atoms with E-state index in [1.165, 1.54) is 0 Å². The van der Waals surface area contributed by atoms with Gasteiger partial charge < -0.3 is 9.47 Å². The summed E-state index contributed by atoms with van der Waals surface area (Å²) in [7, 11) is 3.19. The minimum atomic E-state index is -0.241. The molecule has 7 heteroatoms. The number of benzene rings is 2. The summed E-state index contributed by atoms with van der Waals surface area (Å²) in [4.78, 5) is 24.2. The first kappa shape index (κ1) is 16.8. The molecule has 2 heterocycles. The number of aromatic amines is 1. The van der Waals surface area contributed by atoms with Gasteiger partial charge in [0.25, 0.3) is 0 Å². The Balaban J connectivity index is 1.82. The molecule has 2 aromatic heterocycles. The number of methoxy groups -OCH3 is 2. The van der Waals surface area contributed by atoms with Crippen molar-refractivity contribution in [3.8, 4) is 22.8 Å². The molecule has 2 aromatic carbocycles. The third-order valence-corrected chi connectivity index (χ3v) is 4.31. The molecule has 0 aliphatic heterocycles. The summed E-state index contributed by atoms with van der Waals surface area (Å²) in [5.41, 5.74) is 3.14. The van der Waals surface area contributed by atoms with Gasteiger partial charge in [-0.3, -0.25) is 9.55 Å². The van der Waals surface area contributed by atoms with Crippen molar-refractivity contribution < 1.29 is 9.47 Å². The summed E-state index contributed by atoms with van der Waals surface area (Å²) in [5.74, 6) is 1.31. The van der Waals surface area contributed by atoms with E-state index in [2.05, 4.69) is 15.0 Å². The van der Waals surface area contributed by atoms with Crippen LogP contribution in [0.4, 0.5) is 0 Å². The average molecular weight is 362 g/mol. The Morgan fingerprint density at radius 3 is 2.41 bits per heavy atom. The lowest BCUT2D eigenvalue weighted by Crippen LogP contribution is -2.17. The Morgan fingerprint density at radius 1 is 1.04 bits per heavy atom. The van der Waals surface area contributed by atoms with Crippen LogP contribution in [-0.4, -0.2) is 33.7 Å². The maximum Gasteiger partial charge on any atom is 0.329 e. The van der Waals surface area contributed by atoms with Gasteiger partial charge in [-0.25, -0.2) is 14.8 Å². The highest BCUT2D eigenvalue weighted by Gasteiger charge is 2.13. The molecule has 0 bridgehead atoms. The molecule has 1 N–H and O–H groups in total. The average Bonchev–Trinajstić information content (AvgIpc) is 3.02. The molecule has 0 saturated carbocycles. The molecule has 0 atom stereocenters. The molecule has 0 radical (unpaired) electrons. The van der Waals surface area contributed by atoms with Crippen LogP contribution in [0.3, 0.4) is 0 Å². The van der Waals surface area contributed by atoms with E-state index in [0.717, 1.165) is 11.1 Å². The summed E-state index contributed by atoms with van der Waals surface area (Å²) in [6.45, 7) is 0.416. The highest BCUT2D eigenvalue weighted by atomic mass is 16.5. The van der Waals surface area contributed by atoms with Crippen LogP contribution < -0.4 is 15.2 Å². The van der Waals surface area contributed by atoms with Crippen molar-refractivity contribution in [2.45, 2.75) is 6.54 Å². The fourth-order valence-electron chi connectivity index (χ4n) is 2.93. The zero-order chi connectivity index (χ0) is 18.8. The first-order valence-electron chi connectivity index (χ1n) is 8.41. The second-order valence-corrected chi connectivity index (χ2v) is 6.03. The lowest BCUT2D eigenvalue weighted by molar-refractivity contribution is 0.394. The number of nitrogens with zero attached hydrogens (tertiary/aromatic N) is 3. The zero-order valence-electron chi connectivity index (χ0n) is 15.0. The largest absolute Gasteiger partial charge is 0.497 e. The van der Waals surface area contributed by atoms with Gasteiger partial charge in [0, 0.05) is 11.6 Å². The number of imidazole rings is 1. The van der Waals surface area contributed by atoms with Crippen LogP contribution >= 0.6 is 0 Å².